The molecule has 0 aromatic heterocycles. The van der Waals surface area contributed by atoms with Crippen LogP contribution >= 0.6 is 45.2 Å². The normalized spacial score (nSPS) is 10.2. The quantitative estimate of drug-likeness (QED) is 0.280. The van der Waals surface area contributed by atoms with Crippen LogP contribution in [0.5, 0.6) is 11.5 Å². The maximum atomic E-state index is 11.8. The molecule has 6 nitrogen and oxygen atoms in total. The van der Waals surface area contributed by atoms with Crippen molar-refractivity contribution in [3.63, 3.8) is 0 Å². The summed E-state index contributed by atoms with van der Waals surface area (Å²) in [4.78, 5) is 23.7. The second kappa shape index (κ2) is 9.95. The van der Waals surface area contributed by atoms with E-state index in [-0.39, 0.29) is 13.2 Å². The number of ether oxygens (including phenoxy) is 4. The number of hydrogen-bond acceptors (Lipinski definition) is 6. The Labute approximate surface area is 178 Å². The second-order valence-corrected chi connectivity index (χ2v) is 7.45. The van der Waals surface area contributed by atoms with E-state index in [4.69, 9.17) is 18.9 Å². The van der Waals surface area contributed by atoms with Crippen molar-refractivity contribution in [1.29, 1.82) is 0 Å². The molecular weight excluding hydrogens is 566 g/mol. The highest BCUT2D eigenvalue weighted by Gasteiger charge is 2.15. The van der Waals surface area contributed by atoms with Crippen molar-refractivity contribution in [1.82, 2.24) is 0 Å². The van der Waals surface area contributed by atoms with Gasteiger partial charge < -0.3 is 18.9 Å². The van der Waals surface area contributed by atoms with Gasteiger partial charge in [-0.3, -0.25) is 0 Å². The van der Waals surface area contributed by atoms with Crippen LogP contribution in [0.3, 0.4) is 0 Å². The van der Waals surface area contributed by atoms with Crippen molar-refractivity contribution in [2.45, 2.75) is 0 Å². The van der Waals surface area contributed by atoms with Gasteiger partial charge in [0.15, 0.2) is 0 Å². The maximum Gasteiger partial charge on any atom is 0.341 e. The van der Waals surface area contributed by atoms with Gasteiger partial charge in [-0.15, -0.1) is 0 Å². The summed E-state index contributed by atoms with van der Waals surface area (Å²) in [7, 11) is 2.64. The third-order valence-corrected chi connectivity index (χ3v) is 4.63. The van der Waals surface area contributed by atoms with E-state index in [1.165, 1.54) is 14.2 Å². The Bertz CT molecular complexity index is 739. The molecule has 0 fully saturated rings. The minimum absolute atomic E-state index is 0.192. The number of esters is 2. The number of rotatable bonds is 7. The van der Waals surface area contributed by atoms with Crippen molar-refractivity contribution >= 4 is 57.1 Å². The summed E-state index contributed by atoms with van der Waals surface area (Å²) in [6.45, 7) is 0.383. The van der Waals surface area contributed by atoms with Crippen LogP contribution in [-0.4, -0.2) is 39.4 Å². The minimum atomic E-state index is -0.468. The summed E-state index contributed by atoms with van der Waals surface area (Å²) >= 11 is 4.22. The summed E-state index contributed by atoms with van der Waals surface area (Å²) in [5.41, 5.74) is 0.702. The molecule has 0 heterocycles. The average molecular weight is 582 g/mol. The fourth-order valence-corrected chi connectivity index (χ4v) is 3.08. The molecule has 2 rings (SSSR count). The van der Waals surface area contributed by atoms with Crippen LogP contribution in [0.15, 0.2) is 36.4 Å². The van der Waals surface area contributed by atoms with Crippen molar-refractivity contribution in [2.24, 2.45) is 0 Å². The Hall–Kier alpha value is -1.56. The van der Waals surface area contributed by atoms with Gasteiger partial charge in [-0.25, -0.2) is 9.59 Å². The maximum absolute atomic E-state index is 11.8. The number of methoxy groups -OCH3 is 2. The van der Waals surface area contributed by atoms with E-state index < -0.39 is 11.9 Å². The van der Waals surface area contributed by atoms with Crippen molar-refractivity contribution in [3.05, 3.63) is 54.7 Å². The highest BCUT2D eigenvalue weighted by atomic mass is 127. The van der Waals surface area contributed by atoms with Crippen LogP contribution in [0.4, 0.5) is 0 Å². The van der Waals surface area contributed by atoms with Crippen LogP contribution in [0, 0.1) is 7.14 Å². The van der Waals surface area contributed by atoms with E-state index in [0.717, 1.165) is 7.14 Å². The zero-order valence-corrected chi connectivity index (χ0v) is 18.4. The lowest BCUT2D eigenvalue weighted by Crippen LogP contribution is -2.14. The van der Waals surface area contributed by atoms with Gasteiger partial charge in [-0.05, 0) is 81.6 Å². The molecule has 0 bridgehead atoms. The molecule has 0 spiro atoms. The molecule has 2 aromatic rings. The van der Waals surface area contributed by atoms with E-state index in [0.29, 0.717) is 22.6 Å². The lowest BCUT2D eigenvalue weighted by Gasteiger charge is -2.13. The molecule has 0 aliphatic heterocycles. The topological polar surface area (TPSA) is 71.1 Å². The summed E-state index contributed by atoms with van der Waals surface area (Å²) < 4.78 is 22.6. The molecule has 0 aliphatic rings. The van der Waals surface area contributed by atoms with Gasteiger partial charge >= 0.3 is 11.9 Å². The predicted molar refractivity (Wildman–Crippen MR) is 112 cm³/mol. The Morgan fingerprint density at radius 2 is 1.15 bits per heavy atom. The van der Waals surface area contributed by atoms with Crippen molar-refractivity contribution in [3.8, 4) is 11.5 Å². The van der Waals surface area contributed by atoms with Crippen molar-refractivity contribution < 1.29 is 28.5 Å². The molecule has 0 atom stereocenters. The standard InChI is InChI=1S/C18H16I2O6/c1-23-17(21)13-9-11(19)3-5-15(13)25-7-8-26-16-6-4-12(20)10-14(16)18(22)24-2/h3-6,9-10H,7-8H2,1-2H3. The molecular formula is C18H16I2O6. The first-order valence-corrected chi connectivity index (χ1v) is 9.63. The molecule has 0 radical (unpaired) electrons. The first kappa shape index (κ1) is 20.7. The van der Waals surface area contributed by atoms with Gasteiger partial charge in [0.1, 0.15) is 35.8 Å². The van der Waals surface area contributed by atoms with Crippen LogP contribution in [0.1, 0.15) is 20.7 Å². The number of carbonyl (C=O) groups is 2. The molecule has 8 heteroatoms. The smallest absolute Gasteiger partial charge is 0.341 e. The number of benzene rings is 2. The highest BCUT2D eigenvalue weighted by Crippen LogP contribution is 2.24. The molecule has 0 saturated carbocycles. The van der Waals surface area contributed by atoms with Crippen LogP contribution in [-0.2, 0) is 9.47 Å². The van der Waals surface area contributed by atoms with Crippen molar-refractivity contribution in [2.75, 3.05) is 27.4 Å². The minimum Gasteiger partial charge on any atom is -0.489 e. The first-order chi connectivity index (χ1) is 12.5. The van der Waals surface area contributed by atoms with Gasteiger partial charge in [0.25, 0.3) is 0 Å². The van der Waals surface area contributed by atoms with Crippen LogP contribution in [0.2, 0.25) is 0 Å². The monoisotopic (exact) mass is 582 g/mol. The summed E-state index contributed by atoms with van der Waals surface area (Å²) in [6.07, 6.45) is 0. The lowest BCUT2D eigenvalue weighted by atomic mass is 10.2. The van der Waals surface area contributed by atoms with E-state index in [1.807, 2.05) is 12.1 Å². The van der Waals surface area contributed by atoms with E-state index in [1.54, 1.807) is 24.3 Å². The van der Waals surface area contributed by atoms with Gasteiger partial charge in [-0.2, -0.15) is 0 Å². The van der Waals surface area contributed by atoms with Gasteiger partial charge in [0.05, 0.1) is 14.2 Å². The molecule has 0 N–H and O–H groups in total. The second-order valence-electron chi connectivity index (χ2n) is 4.96. The molecule has 26 heavy (non-hydrogen) atoms. The Morgan fingerprint density at radius 3 is 1.50 bits per heavy atom. The Morgan fingerprint density at radius 1 is 0.769 bits per heavy atom. The third-order valence-electron chi connectivity index (χ3n) is 3.29. The third kappa shape index (κ3) is 5.47. The van der Waals surface area contributed by atoms with E-state index >= 15 is 0 Å². The van der Waals surface area contributed by atoms with Gasteiger partial charge in [-0.1, -0.05) is 0 Å². The van der Waals surface area contributed by atoms with Crippen LogP contribution in [0.25, 0.3) is 0 Å². The average Bonchev–Trinajstić information content (AvgIpc) is 2.65. The SMILES string of the molecule is COC(=O)c1cc(I)ccc1OCCOc1ccc(I)cc1C(=O)OC. The molecule has 0 unspecified atom stereocenters. The van der Waals surface area contributed by atoms with E-state index in [2.05, 4.69) is 45.2 Å². The molecule has 0 amide bonds. The molecule has 2 aromatic carbocycles. The molecule has 138 valence electrons. The summed E-state index contributed by atoms with van der Waals surface area (Å²) in [6, 6.07) is 10.5. The van der Waals surface area contributed by atoms with Crippen LogP contribution < -0.4 is 9.47 Å². The van der Waals surface area contributed by atoms with Gasteiger partial charge in [0.2, 0.25) is 0 Å². The largest absolute Gasteiger partial charge is 0.489 e. The predicted octanol–water partition coefficient (Wildman–Crippen LogP) is 3.93. The summed E-state index contributed by atoms with van der Waals surface area (Å²) in [5.74, 6) is -0.108. The number of carbonyl (C=O) groups excluding carboxylic acids is 2. The Balaban J connectivity index is 2.02. The number of halogens is 2. The van der Waals surface area contributed by atoms with Gasteiger partial charge in [0, 0.05) is 7.14 Å². The molecule has 0 saturated heterocycles. The Kier molecular flexibility index (Phi) is 7.94. The summed E-state index contributed by atoms with van der Waals surface area (Å²) in [5, 5.41) is 0. The zero-order valence-electron chi connectivity index (χ0n) is 14.1. The first-order valence-electron chi connectivity index (χ1n) is 7.47. The van der Waals surface area contributed by atoms with E-state index in [9.17, 15) is 9.59 Å². The highest BCUT2D eigenvalue weighted by molar-refractivity contribution is 14.1. The lowest BCUT2D eigenvalue weighted by molar-refractivity contribution is 0.0583. The fraction of sp³-hybridized carbons (Fsp3) is 0.222. The fourth-order valence-electron chi connectivity index (χ4n) is 2.10. The molecule has 0 aliphatic carbocycles. The number of hydrogen-bond donors (Lipinski definition) is 0. The zero-order chi connectivity index (χ0) is 19.1.